The van der Waals surface area contributed by atoms with Gasteiger partial charge < -0.3 is 10.4 Å². The Labute approximate surface area is 117 Å². The number of benzene rings is 2. The Morgan fingerprint density at radius 3 is 2.65 bits per heavy atom. The number of aryl methyl sites for hydroxylation is 1. The standard InChI is InChI=1S/C16H15FN2O/c1-10-3-5-14(16(20)7-10)11(2)19-15-6-4-13(17)8-12(15)9-18/h3-8,11,19-20H,1-2H3. The minimum Gasteiger partial charge on any atom is -0.508 e. The average molecular weight is 270 g/mol. The van der Waals surface area contributed by atoms with E-state index in [1.165, 1.54) is 18.2 Å². The van der Waals surface area contributed by atoms with Crippen molar-refractivity contribution < 1.29 is 9.50 Å². The number of hydrogen-bond acceptors (Lipinski definition) is 3. The van der Waals surface area contributed by atoms with Crippen molar-refractivity contribution in [1.82, 2.24) is 0 Å². The molecule has 2 rings (SSSR count). The molecule has 0 aliphatic heterocycles. The lowest BCUT2D eigenvalue weighted by molar-refractivity contribution is 0.465. The molecule has 20 heavy (non-hydrogen) atoms. The molecule has 2 N–H and O–H groups in total. The molecule has 0 aliphatic rings. The Bertz CT molecular complexity index is 677. The van der Waals surface area contributed by atoms with Gasteiger partial charge in [-0.3, -0.25) is 0 Å². The fourth-order valence-electron chi connectivity index (χ4n) is 2.07. The van der Waals surface area contributed by atoms with Crippen LogP contribution < -0.4 is 5.32 Å². The highest BCUT2D eigenvalue weighted by molar-refractivity contribution is 5.59. The third-order valence-electron chi connectivity index (χ3n) is 3.13. The first-order chi connectivity index (χ1) is 9.51. The Morgan fingerprint density at radius 2 is 2.00 bits per heavy atom. The summed E-state index contributed by atoms with van der Waals surface area (Å²) < 4.78 is 13.1. The summed E-state index contributed by atoms with van der Waals surface area (Å²) in [6.45, 7) is 3.77. The maximum atomic E-state index is 13.1. The van der Waals surface area contributed by atoms with E-state index >= 15 is 0 Å². The van der Waals surface area contributed by atoms with Crippen molar-refractivity contribution in [2.24, 2.45) is 0 Å². The molecule has 0 radical (unpaired) electrons. The summed E-state index contributed by atoms with van der Waals surface area (Å²) >= 11 is 0. The van der Waals surface area contributed by atoms with E-state index in [-0.39, 0.29) is 17.4 Å². The molecule has 1 atom stereocenters. The van der Waals surface area contributed by atoms with E-state index in [0.29, 0.717) is 5.69 Å². The summed E-state index contributed by atoms with van der Waals surface area (Å²) in [6, 6.07) is 11.2. The molecule has 0 amide bonds. The van der Waals surface area contributed by atoms with Gasteiger partial charge in [0.2, 0.25) is 0 Å². The monoisotopic (exact) mass is 270 g/mol. The summed E-state index contributed by atoms with van der Waals surface area (Å²) in [5.41, 5.74) is 2.48. The van der Waals surface area contributed by atoms with Crippen molar-refractivity contribution in [2.45, 2.75) is 19.9 Å². The molecule has 0 aliphatic carbocycles. The Hall–Kier alpha value is -2.54. The zero-order chi connectivity index (χ0) is 14.7. The second-order valence-corrected chi connectivity index (χ2v) is 4.73. The minimum atomic E-state index is -0.446. The van der Waals surface area contributed by atoms with E-state index in [9.17, 15) is 9.50 Å². The summed E-state index contributed by atoms with van der Waals surface area (Å²) in [6.07, 6.45) is 0. The van der Waals surface area contributed by atoms with Gasteiger partial charge in [-0.15, -0.1) is 0 Å². The molecule has 2 aromatic rings. The predicted molar refractivity (Wildman–Crippen MR) is 76.0 cm³/mol. The average Bonchev–Trinajstić information content (AvgIpc) is 2.40. The molecular weight excluding hydrogens is 255 g/mol. The Balaban J connectivity index is 2.28. The van der Waals surface area contributed by atoms with Crippen LogP contribution in [0.25, 0.3) is 0 Å². The number of phenolic OH excluding ortho intramolecular Hbond substituents is 1. The Kier molecular flexibility index (Phi) is 3.90. The van der Waals surface area contributed by atoms with Gasteiger partial charge in [-0.1, -0.05) is 12.1 Å². The number of rotatable bonds is 3. The van der Waals surface area contributed by atoms with Crippen LogP contribution in [0, 0.1) is 24.1 Å². The van der Waals surface area contributed by atoms with Crippen LogP contribution in [0.2, 0.25) is 0 Å². The van der Waals surface area contributed by atoms with Crippen molar-refractivity contribution in [3.63, 3.8) is 0 Å². The normalized spacial score (nSPS) is 11.7. The number of aromatic hydroxyl groups is 1. The van der Waals surface area contributed by atoms with Crippen molar-refractivity contribution in [3.05, 3.63) is 58.9 Å². The van der Waals surface area contributed by atoms with E-state index in [4.69, 9.17) is 5.26 Å². The summed E-state index contributed by atoms with van der Waals surface area (Å²) in [5.74, 6) is -0.247. The van der Waals surface area contributed by atoms with Crippen molar-refractivity contribution in [3.8, 4) is 11.8 Å². The molecule has 2 aromatic carbocycles. The highest BCUT2D eigenvalue weighted by Crippen LogP contribution is 2.29. The highest BCUT2D eigenvalue weighted by atomic mass is 19.1. The summed E-state index contributed by atoms with van der Waals surface area (Å²) in [7, 11) is 0. The van der Waals surface area contributed by atoms with Gasteiger partial charge >= 0.3 is 0 Å². The molecule has 4 heteroatoms. The SMILES string of the molecule is Cc1ccc(C(C)Nc2ccc(F)cc2C#N)c(O)c1. The minimum absolute atomic E-state index is 0.200. The number of anilines is 1. The lowest BCUT2D eigenvalue weighted by atomic mass is 10.0. The number of nitriles is 1. The van der Waals surface area contributed by atoms with E-state index in [1.54, 1.807) is 6.07 Å². The molecule has 0 fully saturated rings. The Morgan fingerprint density at radius 1 is 1.25 bits per heavy atom. The van der Waals surface area contributed by atoms with Crippen molar-refractivity contribution in [2.75, 3.05) is 5.32 Å². The van der Waals surface area contributed by atoms with Gasteiger partial charge in [-0.05, 0) is 43.7 Å². The van der Waals surface area contributed by atoms with E-state index in [0.717, 1.165) is 11.1 Å². The zero-order valence-corrected chi connectivity index (χ0v) is 11.3. The molecular formula is C16H15FN2O. The first-order valence-electron chi connectivity index (χ1n) is 6.27. The fourth-order valence-corrected chi connectivity index (χ4v) is 2.07. The van der Waals surface area contributed by atoms with Crippen molar-refractivity contribution >= 4 is 5.69 Å². The van der Waals surface area contributed by atoms with E-state index in [2.05, 4.69) is 5.32 Å². The number of hydrogen-bond donors (Lipinski definition) is 2. The molecule has 0 aromatic heterocycles. The molecule has 1 unspecified atom stereocenters. The van der Waals surface area contributed by atoms with Crippen LogP contribution >= 0.6 is 0 Å². The van der Waals surface area contributed by atoms with Gasteiger partial charge in [0.1, 0.15) is 17.6 Å². The van der Waals surface area contributed by atoms with Crippen LogP contribution in [0.3, 0.4) is 0 Å². The van der Waals surface area contributed by atoms with Gasteiger partial charge in [0.15, 0.2) is 0 Å². The number of halogens is 1. The molecule has 0 saturated carbocycles. The fraction of sp³-hybridized carbons (Fsp3) is 0.188. The lowest BCUT2D eigenvalue weighted by Gasteiger charge is -2.18. The smallest absolute Gasteiger partial charge is 0.124 e. The van der Waals surface area contributed by atoms with Gasteiger partial charge in [0.05, 0.1) is 17.3 Å². The third-order valence-corrected chi connectivity index (χ3v) is 3.13. The van der Waals surface area contributed by atoms with Crippen LogP contribution in [0.1, 0.15) is 29.7 Å². The maximum absolute atomic E-state index is 13.1. The zero-order valence-electron chi connectivity index (χ0n) is 11.3. The third kappa shape index (κ3) is 2.89. The molecule has 3 nitrogen and oxygen atoms in total. The lowest BCUT2D eigenvalue weighted by Crippen LogP contribution is -2.08. The first-order valence-corrected chi connectivity index (χ1v) is 6.27. The van der Waals surface area contributed by atoms with Gasteiger partial charge in [-0.2, -0.15) is 5.26 Å². The molecule has 102 valence electrons. The number of phenols is 1. The first kappa shape index (κ1) is 13.9. The summed E-state index contributed by atoms with van der Waals surface area (Å²) in [5, 5.41) is 22.1. The highest BCUT2D eigenvalue weighted by Gasteiger charge is 2.12. The van der Waals surface area contributed by atoms with Crippen LogP contribution in [0.5, 0.6) is 5.75 Å². The quantitative estimate of drug-likeness (QED) is 0.889. The van der Waals surface area contributed by atoms with Gasteiger partial charge in [-0.25, -0.2) is 4.39 Å². The number of nitrogens with zero attached hydrogens (tertiary/aromatic N) is 1. The molecule has 0 spiro atoms. The summed E-state index contributed by atoms with van der Waals surface area (Å²) in [4.78, 5) is 0. The van der Waals surface area contributed by atoms with Crippen LogP contribution in [-0.4, -0.2) is 5.11 Å². The second-order valence-electron chi connectivity index (χ2n) is 4.73. The van der Waals surface area contributed by atoms with Crippen LogP contribution in [0.15, 0.2) is 36.4 Å². The number of nitrogens with one attached hydrogen (secondary N) is 1. The van der Waals surface area contributed by atoms with Crippen LogP contribution in [-0.2, 0) is 0 Å². The molecule has 0 bridgehead atoms. The van der Waals surface area contributed by atoms with E-state index < -0.39 is 5.82 Å². The van der Waals surface area contributed by atoms with Gasteiger partial charge in [0.25, 0.3) is 0 Å². The van der Waals surface area contributed by atoms with Gasteiger partial charge in [0, 0.05) is 5.56 Å². The predicted octanol–water partition coefficient (Wildman–Crippen LogP) is 3.88. The molecule has 0 saturated heterocycles. The largest absolute Gasteiger partial charge is 0.508 e. The second kappa shape index (κ2) is 5.62. The van der Waals surface area contributed by atoms with E-state index in [1.807, 2.05) is 32.0 Å². The van der Waals surface area contributed by atoms with Crippen molar-refractivity contribution in [1.29, 1.82) is 5.26 Å². The van der Waals surface area contributed by atoms with Crippen LogP contribution in [0.4, 0.5) is 10.1 Å². The maximum Gasteiger partial charge on any atom is 0.124 e. The topological polar surface area (TPSA) is 56.0 Å². The molecule has 0 heterocycles.